The number of benzene rings is 1. The van der Waals surface area contributed by atoms with Gasteiger partial charge in [-0.15, -0.1) is 0 Å². The number of hydrogen-bond acceptors (Lipinski definition) is 3. The van der Waals surface area contributed by atoms with Crippen molar-refractivity contribution in [2.45, 2.75) is 13.0 Å². The molecule has 4 rings (SSSR count). The van der Waals surface area contributed by atoms with Crippen molar-refractivity contribution in [1.29, 1.82) is 0 Å². The van der Waals surface area contributed by atoms with E-state index in [1.165, 1.54) is 5.56 Å². The molecule has 1 aliphatic rings. The molecule has 0 unspecified atom stereocenters. The van der Waals surface area contributed by atoms with Crippen molar-refractivity contribution < 1.29 is 9.53 Å². The van der Waals surface area contributed by atoms with Gasteiger partial charge in [-0.25, -0.2) is 0 Å². The fourth-order valence-electron chi connectivity index (χ4n) is 2.84. The summed E-state index contributed by atoms with van der Waals surface area (Å²) in [6.07, 6.45) is 4.86. The SMILES string of the molecule is O=C(NCCn1cccc1)c1cc(-c2ccc3c(c2)CCO3)n[nH]1. The number of hydrogen-bond donors (Lipinski definition) is 2. The van der Waals surface area contributed by atoms with E-state index in [9.17, 15) is 4.79 Å². The van der Waals surface area contributed by atoms with Gasteiger partial charge in [-0.2, -0.15) is 5.10 Å². The highest BCUT2D eigenvalue weighted by atomic mass is 16.5. The van der Waals surface area contributed by atoms with E-state index in [4.69, 9.17) is 4.74 Å². The highest BCUT2D eigenvalue weighted by Gasteiger charge is 2.15. The summed E-state index contributed by atoms with van der Waals surface area (Å²) in [6, 6.07) is 11.7. The molecule has 122 valence electrons. The molecule has 6 heteroatoms. The molecule has 1 amide bonds. The van der Waals surface area contributed by atoms with Gasteiger partial charge in [0.15, 0.2) is 0 Å². The summed E-state index contributed by atoms with van der Waals surface area (Å²) < 4.78 is 7.53. The number of rotatable bonds is 5. The number of aromatic nitrogens is 3. The normalized spacial score (nSPS) is 12.7. The minimum absolute atomic E-state index is 0.148. The van der Waals surface area contributed by atoms with Gasteiger partial charge in [-0.1, -0.05) is 0 Å². The van der Waals surface area contributed by atoms with Crippen molar-refractivity contribution in [2.75, 3.05) is 13.2 Å². The number of nitrogens with zero attached hydrogens (tertiary/aromatic N) is 2. The molecule has 3 heterocycles. The fourth-order valence-corrected chi connectivity index (χ4v) is 2.84. The van der Waals surface area contributed by atoms with Gasteiger partial charge in [0, 0.05) is 37.5 Å². The molecule has 1 aliphatic heterocycles. The standard InChI is InChI=1S/C18H18N4O2/c23-18(19-6-9-22-7-1-2-8-22)16-12-15(20-21-16)13-3-4-17-14(11-13)5-10-24-17/h1-4,7-8,11-12H,5-6,9-10H2,(H,19,23)(H,20,21). The van der Waals surface area contributed by atoms with Gasteiger partial charge in [0.1, 0.15) is 11.4 Å². The first-order valence-corrected chi connectivity index (χ1v) is 8.00. The Labute approximate surface area is 139 Å². The Bertz CT molecular complexity index is 852. The fraction of sp³-hybridized carbons (Fsp3) is 0.222. The van der Waals surface area contributed by atoms with Gasteiger partial charge in [0.05, 0.1) is 12.3 Å². The first kappa shape index (κ1) is 14.6. The van der Waals surface area contributed by atoms with Crippen LogP contribution in [0.5, 0.6) is 5.75 Å². The van der Waals surface area contributed by atoms with Crippen molar-refractivity contribution in [3.05, 3.63) is 60.0 Å². The number of nitrogens with one attached hydrogen (secondary N) is 2. The first-order chi connectivity index (χ1) is 11.8. The molecule has 0 fully saturated rings. The summed E-state index contributed by atoms with van der Waals surface area (Å²) in [5.41, 5.74) is 3.41. The summed E-state index contributed by atoms with van der Waals surface area (Å²) in [4.78, 5) is 12.2. The monoisotopic (exact) mass is 322 g/mol. The highest BCUT2D eigenvalue weighted by Crippen LogP contribution is 2.29. The molecular formula is C18H18N4O2. The maximum Gasteiger partial charge on any atom is 0.269 e. The second-order valence-corrected chi connectivity index (χ2v) is 5.76. The Morgan fingerprint density at radius 2 is 2.17 bits per heavy atom. The zero-order chi connectivity index (χ0) is 16.4. The van der Waals surface area contributed by atoms with Crippen molar-refractivity contribution in [1.82, 2.24) is 20.1 Å². The lowest BCUT2D eigenvalue weighted by Crippen LogP contribution is -2.27. The zero-order valence-corrected chi connectivity index (χ0v) is 13.2. The third kappa shape index (κ3) is 2.90. The van der Waals surface area contributed by atoms with Crippen LogP contribution in [0.1, 0.15) is 16.1 Å². The highest BCUT2D eigenvalue weighted by molar-refractivity contribution is 5.93. The number of ether oxygens (including phenoxy) is 1. The molecule has 6 nitrogen and oxygen atoms in total. The summed E-state index contributed by atoms with van der Waals surface area (Å²) in [5, 5.41) is 9.97. The molecule has 0 radical (unpaired) electrons. The number of fused-ring (bicyclic) bond motifs is 1. The van der Waals surface area contributed by atoms with Crippen LogP contribution in [0.4, 0.5) is 0 Å². The Morgan fingerprint density at radius 1 is 1.29 bits per heavy atom. The van der Waals surface area contributed by atoms with Gasteiger partial charge in [-0.05, 0) is 42.0 Å². The summed E-state index contributed by atoms with van der Waals surface area (Å²) in [5.74, 6) is 0.794. The van der Waals surface area contributed by atoms with Gasteiger partial charge >= 0.3 is 0 Å². The zero-order valence-electron chi connectivity index (χ0n) is 13.2. The van der Waals surface area contributed by atoms with Gasteiger partial charge < -0.3 is 14.6 Å². The van der Waals surface area contributed by atoms with Crippen LogP contribution in [-0.2, 0) is 13.0 Å². The van der Waals surface area contributed by atoms with E-state index in [1.807, 2.05) is 41.2 Å². The molecule has 0 bridgehead atoms. The summed E-state index contributed by atoms with van der Waals surface area (Å²) in [6.45, 7) is 2.04. The average molecular weight is 322 g/mol. The van der Waals surface area contributed by atoms with Crippen LogP contribution in [0.15, 0.2) is 48.8 Å². The van der Waals surface area contributed by atoms with Crippen LogP contribution >= 0.6 is 0 Å². The van der Waals surface area contributed by atoms with Crippen LogP contribution in [0.25, 0.3) is 11.3 Å². The van der Waals surface area contributed by atoms with E-state index >= 15 is 0 Å². The molecule has 1 aromatic carbocycles. The van der Waals surface area contributed by atoms with E-state index in [2.05, 4.69) is 21.6 Å². The molecule has 2 N–H and O–H groups in total. The molecule has 24 heavy (non-hydrogen) atoms. The lowest BCUT2D eigenvalue weighted by molar-refractivity contribution is 0.0947. The third-order valence-electron chi connectivity index (χ3n) is 4.13. The number of aromatic amines is 1. The topological polar surface area (TPSA) is 71.9 Å². The van der Waals surface area contributed by atoms with Crippen molar-refractivity contribution in [3.63, 3.8) is 0 Å². The predicted octanol–water partition coefficient (Wildman–Crippen LogP) is 2.24. The van der Waals surface area contributed by atoms with E-state index in [1.54, 1.807) is 6.07 Å². The van der Waals surface area contributed by atoms with Crippen molar-refractivity contribution in [2.24, 2.45) is 0 Å². The van der Waals surface area contributed by atoms with E-state index < -0.39 is 0 Å². The van der Waals surface area contributed by atoms with Crippen LogP contribution in [0.3, 0.4) is 0 Å². The van der Waals surface area contributed by atoms with Gasteiger partial charge in [-0.3, -0.25) is 9.89 Å². The molecule has 0 saturated carbocycles. The second kappa shape index (κ2) is 6.23. The predicted molar refractivity (Wildman–Crippen MR) is 90.0 cm³/mol. The largest absolute Gasteiger partial charge is 0.493 e. The molecule has 0 saturated heterocycles. The maximum atomic E-state index is 12.2. The van der Waals surface area contributed by atoms with Crippen LogP contribution in [0, 0.1) is 0 Å². The van der Waals surface area contributed by atoms with Crippen LogP contribution in [0.2, 0.25) is 0 Å². The molecule has 3 aromatic rings. The van der Waals surface area contributed by atoms with Gasteiger partial charge in [0.2, 0.25) is 0 Å². The van der Waals surface area contributed by atoms with Crippen molar-refractivity contribution in [3.8, 4) is 17.0 Å². The van der Waals surface area contributed by atoms with Crippen molar-refractivity contribution >= 4 is 5.91 Å². The maximum absolute atomic E-state index is 12.2. The average Bonchev–Trinajstić information content (AvgIpc) is 3.34. The summed E-state index contributed by atoms with van der Waals surface area (Å²) in [7, 11) is 0. The second-order valence-electron chi connectivity index (χ2n) is 5.76. The lowest BCUT2D eigenvalue weighted by Gasteiger charge is -2.04. The smallest absolute Gasteiger partial charge is 0.269 e. The lowest BCUT2D eigenvalue weighted by atomic mass is 10.1. The van der Waals surface area contributed by atoms with E-state index in [-0.39, 0.29) is 5.91 Å². The van der Waals surface area contributed by atoms with E-state index in [0.717, 1.165) is 36.6 Å². The quantitative estimate of drug-likeness (QED) is 0.757. The minimum atomic E-state index is -0.148. The molecule has 0 atom stereocenters. The first-order valence-electron chi connectivity index (χ1n) is 8.00. The Kier molecular flexibility index (Phi) is 3.78. The van der Waals surface area contributed by atoms with Crippen LogP contribution in [-0.4, -0.2) is 33.8 Å². The third-order valence-corrected chi connectivity index (χ3v) is 4.13. The molecule has 0 aliphatic carbocycles. The number of H-pyrrole nitrogens is 1. The summed E-state index contributed by atoms with van der Waals surface area (Å²) >= 11 is 0. The molecular weight excluding hydrogens is 304 g/mol. The van der Waals surface area contributed by atoms with Crippen LogP contribution < -0.4 is 10.1 Å². The number of amides is 1. The Hall–Kier alpha value is -3.02. The molecule has 0 spiro atoms. The number of carbonyl (C=O) groups excluding carboxylic acids is 1. The molecule has 2 aromatic heterocycles. The number of carbonyl (C=O) groups is 1. The van der Waals surface area contributed by atoms with Gasteiger partial charge in [0.25, 0.3) is 5.91 Å². The Morgan fingerprint density at radius 3 is 3.04 bits per heavy atom. The Balaban J connectivity index is 1.41. The van der Waals surface area contributed by atoms with E-state index in [0.29, 0.717) is 12.2 Å². The minimum Gasteiger partial charge on any atom is -0.493 e.